The van der Waals surface area contributed by atoms with Gasteiger partial charge >= 0.3 is 0 Å². The number of rotatable bonds is 5. The van der Waals surface area contributed by atoms with E-state index < -0.39 is 0 Å². The van der Waals surface area contributed by atoms with Crippen LogP contribution in [0.25, 0.3) is 11.0 Å². The van der Waals surface area contributed by atoms with Crippen molar-refractivity contribution in [2.24, 2.45) is 0 Å². The topological polar surface area (TPSA) is 46.9 Å². The first-order valence-electron chi connectivity index (χ1n) is 9.28. The quantitative estimate of drug-likeness (QED) is 0.483. The highest BCUT2D eigenvalue weighted by atomic mass is 35.5. The molecule has 0 fully saturated rings. The zero-order valence-electron chi connectivity index (χ0n) is 15.8. The number of nitrogens with zero attached hydrogens (tertiary/aromatic N) is 2. The minimum absolute atomic E-state index is 0.223. The highest BCUT2D eigenvalue weighted by molar-refractivity contribution is 6.30. The second kappa shape index (κ2) is 8.05. The summed E-state index contributed by atoms with van der Waals surface area (Å²) < 4.78 is 16.2. The van der Waals surface area contributed by atoms with Crippen LogP contribution in [0.2, 0.25) is 5.02 Å². The van der Waals surface area contributed by atoms with Crippen LogP contribution < -0.4 is 5.32 Å². The summed E-state index contributed by atoms with van der Waals surface area (Å²) in [5.41, 5.74) is 2.76. The van der Waals surface area contributed by atoms with Crippen molar-refractivity contribution in [3.05, 3.63) is 101 Å². The number of hydrogen-bond donors (Lipinski definition) is 1. The highest BCUT2D eigenvalue weighted by Gasteiger charge is 2.20. The van der Waals surface area contributed by atoms with Crippen LogP contribution >= 0.6 is 11.6 Å². The number of para-hydroxylation sites is 2. The maximum Gasteiger partial charge on any atom is 0.251 e. The number of hydrogen-bond acceptors (Lipinski definition) is 2. The minimum atomic E-state index is -0.377. The van der Waals surface area contributed by atoms with Crippen LogP contribution in [0.1, 0.15) is 34.7 Å². The van der Waals surface area contributed by atoms with E-state index in [1.807, 2.05) is 41.8 Å². The van der Waals surface area contributed by atoms with Crippen LogP contribution in [0.3, 0.4) is 0 Å². The van der Waals surface area contributed by atoms with E-state index in [1.165, 1.54) is 6.07 Å². The number of benzene rings is 3. The Labute approximate surface area is 173 Å². The van der Waals surface area contributed by atoms with Crippen LogP contribution in [0.5, 0.6) is 0 Å². The molecule has 1 aromatic heterocycles. The van der Waals surface area contributed by atoms with Gasteiger partial charge in [-0.2, -0.15) is 0 Å². The minimum Gasteiger partial charge on any atom is -0.342 e. The first kappa shape index (κ1) is 19.2. The van der Waals surface area contributed by atoms with Crippen molar-refractivity contribution < 1.29 is 9.18 Å². The predicted molar refractivity (Wildman–Crippen MR) is 113 cm³/mol. The number of carbonyl (C=O) groups excluding carboxylic acids is 1. The van der Waals surface area contributed by atoms with Gasteiger partial charge in [0.15, 0.2) is 0 Å². The second-order valence-corrected chi connectivity index (χ2v) is 7.27. The number of amides is 1. The van der Waals surface area contributed by atoms with Crippen LogP contribution in [-0.2, 0) is 6.54 Å². The molecule has 0 bridgehead atoms. The van der Waals surface area contributed by atoms with Gasteiger partial charge in [-0.3, -0.25) is 4.79 Å². The summed E-state index contributed by atoms with van der Waals surface area (Å²) in [4.78, 5) is 17.3. The zero-order chi connectivity index (χ0) is 20.4. The molecule has 0 spiro atoms. The molecule has 6 heteroatoms. The molecule has 0 aliphatic heterocycles. The average molecular weight is 408 g/mol. The fourth-order valence-electron chi connectivity index (χ4n) is 3.33. The largest absolute Gasteiger partial charge is 0.342 e. The van der Waals surface area contributed by atoms with Crippen LogP contribution in [0.15, 0.2) is 72.8 Å². The molecule has 0 radical (unpaired) electrons. The standard InChI is InChI=1S/C23H19ClFN3O/c1-15(26-23(29)16-10-12-18(24)13-11-16)22-27-20-8-4-5-9-21(20)28(22)14-17-6-2-3-7-19(17)25/h2-13,15H,14H2,1H3,(H,26,29)/t15-/m1/s1. The van der Waals surface area contributed by atoms with Crippen LogP contribution in [0.4, 0.5) is 4.39 Å². The molecule has 1 heterocycles. The van der Waals surface area contributed by atoms with Crippen molar-refractivity contribution in [3.8, 4) is 0 Å². The molecular weight excluding hydrogens is 389 g/mol. The van der Waals surface area contributed by atoms with Gasteiger partial charge in [0.05, 0.1) is 23.6 Å². The van der Waals surface area contributed by atoms with Gasteiger partial charge in [-0.15, -0.1) is 0 Å². The SMILES string of the molecule is C[C@@H](NC(=O)c1ccc(Cl)cc1)c1nc2ccccc2n1Cc1ccccc1F. The molecule has 0 saturated carbocycles. The van der Waals surface area contributed by atoms with E-state index in [0.717, 1.165) is 11.0 Å². The number of nitrogens with one attached hydrogen (secondary N) is 1. The Morgan fingerprint density at radius 2 is 1.76 bits per heavy atom. The summed E-state index contributed by atoms with van der Waals surface area (Å²) >= 11 is 5.90. The number of fused-ring (bicyclic) bond motifs is 1. The lowest BCUT2D eigenvalue weighted by atomic mass is 10.2. The molecule has 1 N–H and O–H groups in total. The Morgan fingerprint density at radius 3 is 2.52 bits per heavy atom. The number of halogens is 2. The van der Waals surface area contributed by atoms with E-state index in [-0.39, 0.29) is 17.8 Å². The molecule has 1 atom stereocenters. The Hall–Kier alpha value is -3.18. The normalized spacial score (nSPS) is 12.1. The summed E-state index contributed by atoms with van der Waals surface area (Å²) in [5.74, 6) is 0.171. The maximum absolute atomic E-state index is 14.3. The fourth-order valence-corrected chi connectivity index (χ4v) is 3.46. The van der Waals surface area contributed by atoms with E-state index in [4.69, 9.17) is 16.6 Å². The van der Waals surface area contributed by atoms with Gasteiger partial charge in [0.25, 0.3) is 5.91 Å². The van der Waals surface area contributed by atoms with E-state index in [1.54, 1.807) is 36.4 Å². The van der Waals surface area contributed by atoms with Crippen LogP contribution in [-0.4, -0.2) is 15.5 Å². The molecule has 1 amide bonds. The van der Waals surface area contributed by atoms with Gasteiger partial charge in [0.1, 0.15) is 11.6 Å². The van der Waals surface area contributed by atoms with Gasteiger partial charge in [-0.1, -0.05) is 41.9 Å². The number of aromatic nitrogens is 2. The lowest BCUT2D eigenvalue weighted by Gasteiger charge is -2.17. The second-order valence-electron chi connectivity index (χ2n) is 6.84. The lowest BCUT2D eigenvalue weighted by molar-refractivity contribution is 0.0937. The van der Waals surface area contributed by atoms with Gasteiger partial charge in [-0.05, 0) is 49.4 Å². The molecule has 4 rings (SSSR count). The first-order valence-corrected chi connectivity index (χ1v) is 9.66. The van der Waals surface area contributed by atoms with Gasteiger partial charge in [0.2, 0.25) is 0 Å². The molecule has 4 nitrogen and oxygen atoms in total. The fraction of sp³-hybridized carbons (Fsp3) is 0.130. The van der Waals surface area contributed by atoms with E-state index in [9.17, 15) is 9.18 Å². The van der Waals surface area contributed by atoms with E-state index in [0.29, 0.717) is 28.5 Å². The smallest absolute Gasteiger partial charge is 0.251 e. The van der Waals surface area contributed by atoms with Crippen molar-refractivity contribution in [2.75, 3.05) is 0 Å². The molecule has 3 aromatic carbocycles. The summed E-state index contributed by atoms with van der Waals surface area (Å²) in [6.07, 6.45) is 0. The molecule has 146 valence electrons. The first-order chi connectivity index (χ1) is 14.0. The summed E-state index contributed by atoms with van der Waals surface area (Å²) in [5, 5.41) is 3.55. The van der Waals surface area contributed by atoms with Gasteiger partial charge in [0, 0.05) is 16.1 Å². The molecule has 0 aliphatic rings. The number of carbonyl (C=O) groups is 1. The van der Waals surface area contributed by atoms with Crippen molar-refractivity contribution in [1.29, 1.82) is 0 Å². The van der Waals surface area contributed by atoms with Crippen molar-refractivity contribution >= 4 is 28.5 Å². The highest BCUT2D eigenvalue weighted by Crippen LogP contribution is 2.23. The maximum atomic E-state index is 14.3. The molecule has 4 aromatic rings. The number of imidazole rings is 1. The van der Waals surface area contributed by atoms with E-state index in [2.05, 4.69) is 5.32 Å². The summed E-state index contributed by atoms with van der Waals surface area (Å²) in [7, 11) is 0. The monoisotopic (exact) mass is 407 g/mol. The van der Waals surface area contributed by atoms with Crippen molar-refractivity contribution in [3.63, 3.8) is 0 Å². The average Bonchev–Trinajstić information content (AvgIpc) is 3.09. The third-order valence-electron chi connectivity index (χ3n) is 4.81. The molecule has 0 saturated heterocycles. The Morgan fingerprint density at radius 1 is 1.07 bits per heavy atom. The molecule has 0 aliphatic carbocycles. The van der Waals surface area contributed by atoms with E-state index >= 15 is 0 Å². The Balaban J connectivity index is 1.68. The summed E-state index contributed by atoms with van der Waals surface area (Å²) in [6.45, 7) is 2.19. The van der Waals surface area contributed by atoms with Crippen LogP contribution in [0, 0.1) is 5.82 Å². The Kier molecular flexibility index (Phi) is 5.32. The summed E-state index contributed by atoms with van der Waals surface area (Å²) in [6, 6.07) is 20.7. The third-order valence-corrected chi connectivity index (χ3v) is 5.06. The van der Waals surface area contributed by atoms with Gasteiger partial charge in [-0.25, -0.2) is 9.37 Å². The van der Waals surface area contributed by atoms with Crippen molar-refractivity contribution in [1.82, 2.24) is 14.9 Å². The lowest BCUT2D eigenvalue weighted by Crippen LogP contribution is -2.28. The Bertz CT molecular complexity index is 1170. The van der Waals surface area contributed by atoms with Gasteiger partial charge < -0.3 is 9.88 Å². The van der Waals surface area contributed by atoms with Crippen molar-refractivity contribution in [2.45, 2.75) is 19.5 Å². The predicted octanol–water partition coefficient (Wildman–Crippen LogP) is 5.37. The zero-order valence-corrected chi connectivity index (χ0v) is 16.5. The molecule has 29 heavy (non-hydrogen) atoms. The third kappa shape index (κ3) is 4.00. The molecular formula is C23H19ClFN3O. The molecule has 0 unspecified atom stereocenters.